The first-order chi connectivity index (χ1) is 7.31. The van der Waals surface area contributed by atoms with Crippen molar-refractivity contribution < 1.29 is 25.3 Å². The van der Waals surface area contributed by atoms with Gasteiger partial charge in [0, 0.05) is 12.0 Å². The molecule has 1 unspecified atom stereocenters. The molecule has 0 heterocycles. The lowest BCUT2D eigenvalue weighted by atomic mass is 9.83. The van der Waals surface area contributed by atoms with Gasteiger partial charge in [-0.25, -0.2) is 9.59 Å². The molecule has 4 N–H and O–H groups in total. The van der Waals surface area contributed by atoms with E-state index in [1.54, 1.807) is 6.92 Å². The number of carboxylic acids is 2. The van der Waals surface area contributed by atoms with Gasteiger partial charge in [0.2, 0.25) is 0 Å². The fourth-order valence-electron chi connectivity index (χ4n) is 1.92. The SMILES string of the molecule is CCC1=C(C(=O)O)CC(Cl)(C(=O)O)C=C1C.O. The molecule has 0 aromatic carbocycles. The molecule has 1 aliphatic rings. The van der Waals surface area contributed by atoms with Gasteiger partial charge < -0.3 is 15.7 Å². The van der Waals surface area contributed by atoms with Crippen molar-refractivity contribution in [3.8, 4) is 0 Å². The minimum atomic E-state index is -1.63. The van der Waals surface area contributed by atoms with Gasteiger partial charge in [-0.2, -0.15) is 0 Å². The van der Waals surface area contributed by atoms with Crippen LogP contribution in [0, 0.1) is 0 Å². The van der Waals surface area contributed by atoms with E-state index in [0.717, 1.165) is 0 Å². The van der Waals surface area contributed by atoms with Crippen LogP contribution in [-0.4, -0.2) is 32.5 Å². The van der Waals surface area contributed by atoms with E-state index >= 15 is 0 Å². The molecule has 0 bridgehead atoms. The van der Waals surface area contributed by atoms with Gasteiger partial charge in [-0.1, -0.05) is 6.92 Å². The van der Waals surface area contributed by atoms with Crippen LogP contribution in [0.2, 0.25) is 0 Å². The summed E-state index contributed by atoms with van der Waals surface area (Å²) in [5, 5.41) is 18.0. The van der Waals surface area contributed by atoms with Gasteiger partial charge in [-0.05, 0) is 30.6 Å². The molecule has 0 aromatic heterocycles. The average molecular weight is 263 g/mol. The van der Waals surface area contributed by atoms with Crippen molar-refractivity contribution in [1.29, 1.82) is 0 Å². The van der Waals surface area contributed by atoms with Crippen molar-refractivity contribution >= 4 is 23.5 Å². The number of hydrogen-bond donors (Lipinski definition) is 2. The molecule has 0 amide bonds. The molecule has 5 nitrogen and oxygen atoms in total. The summed E-state index contributed by atoms with van der Waals surface area (Å²) in [4.78, 5) is 20.4. The Morgan fingerprint density at radius 3 is 2.35 bits per heavy atom. The van der Waals surface area contributed by atoms with E-state index in [4.69, 9.17) is 21.8 Å². The number of alkyl halides is 1. The monoisotopic (exact) mass is 262 g/mol. The Bertz CT molecular complexity index is 410. The van der Waals surface area contributed by atoms with Crippen LogP contribution in [0.1, 0.15) is 26.7 Å². The quantitative estimate of drug-likeness (QED) is 0.749. The first kappa shape index (κ1) is 15.7. The topological polar surface area (TPSA) is 106 Å². The predicted octanol–water partition coefficient (Wildman–Crippen LogP) is 1.37. The third kappa shape index (κ3) is 2.87. The molecule has 17 heavy (non-hydrogen) atoms. The fourth-order valence-corrected chi connectivity index (χ4v) is 2.21. The summed E-state index contributed by atoms with van der Waals surface area (Å²) >= 11 is 5.89. The third-order valence-corrected chi connectivity index (χ3v) is 3.09. The highest BCUT2D eigenvalue weighted by Gasteiger charge is 2.40. The molecule has 6 heteroatoms. The van der Waals surface area contributed by atoms with E-state index in [1.807, 2.05) is 6.92 Å². The van der Waals surface area contributed by atoms with Crippen molar-refractivity contribution in [2.75, 3.05) is 0 Å². The summed E-state index contributed by atoms with van der Waals surface area (Å²) < 4.78 is 0. The van der Waals surface area contributed by atoms with Crippen molar-refractivity contribution in [2.24, 2.45) is 0 Å². The average Bonchev–Trinajstić information content (AvgIpc) is 2.16. The number of carbonyl (C=O) groups is 2. The maximum Gasteiger partial charge on any atom is 0.331 e. The molecule has 0 radical (unpaired) electrons. The smallest absolute Gasteiger partial charge is 0.331 e. The van der Waals surface area contributed by atoms with E-state index in [9.17, 15) is 9.59 Å². The molecule has 1 atom stereocenters. The van der Waals surface area contributed by atoms with Crippen molar-refractivity contribution in [2.45, 2.75) is 31.6 Å². The normalized spacial score (nSPS) is 23.8. The van der Waals surface area contributed by atoms with Crippen LogP contribution in [0.5, 0.6) is 0 Å². The molecule has 0 saturated carbocycles. The van der Waals surface area contributed by atoms with Crippen molar-refractivity contribution in [1.82, 2.24) is 0 Å². The van der Waals surface area contributed by atoms with Gasteiger partial charge >= 0.3 is 11.9 Å². The fraction of sp³-hybridized carbons (Fsp3) is 0.455. The minimum absolute atomic E-state index is 0. The Labute approximate surface area is 104 Å². The van der Waals surface area contributed by atoms with E-state index in [1.165, 1.54) is 6.08 Å². The highest BCUT2D eigenvalue weighted by Crippen LogP contribution is 2.37. The second-order valence-electron chi connectivity index (χ2n) is 3.79. The van der Waals surface area contributed by atoms with Crippen LogP contribution in [0.25, 0.3) is 0 Å². The first-order valence-corrected chi connectivity index (χ1v) is 5.27. The molecule has 0 aromatic rings. The molecule has 1 aliphatic carbocycles. The first-order valence-electron chi connectivity index (χ1n) is 4.89. The number of halogens is 1. The molecular formula is C11H15ClO5. The summed E-state index contributed by atoms with van der Waals surface area (Å²) in [5.41, 5.74) is 1.40. The largest absolute Gasteiger partial charge is 0.480 e. The lowest BCUT2D eigenvalue weighted by Crippen LogP contribution is -2.35. The van der Waals surface area contributed by atoms with Crippen LogP contribution in [-0.2, 0) is 9.59 Å². The molecular weight excluding hydrogens is 248 g/mol. The second-order valence-corrected chi connectivity index (χ2v) is 4.46. The van der Waals surface area contributed by atoms with Crippen LogP contribution < -0.4 is 0 Å². The van der Waals surface area contributed by atoms with Crippen LogP contribution in [0.3, 0.4) is 0 Å². The van der Waals surface area contributed by atoms with Gasteiger partial charge in [0.1, 0.15) is 0 Å². The second kappa shape index (κ2) is 5.33. The number of rotatable bonds is 3. The van der Waals surface area contributed by atoms with Gasteiger partial charge in [0.25, 0.3) is 0 Å². The van der Waals surface area contributed by atoms with Crippen molar-refractivity contribution in [3.63, 3.8) is 0 Å². The molecule has 1 rings (SSSR count). The van der Waals surface area contributed by atoms with E-state index in [2.05, 4.69) is 0 Å². The Hall–Kier alpha value is -1.33. The van der Waals surface area contributed by atoms with Gasteiger partial charge in [0.15, 0.2) is 4.87 Å². The van der Waals surface area contributed by atoms with Crippen molar-refractivity contribution in [3.05, 3.63) is 22.8 Å². The summed E-state index contributed by atoms with van der Waals surface area (Å²) in [6, 6.07) is 0. The van der Waals surface area contributed by atoms with E-state index in [0.29, 0.717) is 17.6 Å². The minimum Gasteiger partial charge on any atom is -0.480 e. The maximum absolute atomic E-state index is 11.0. The summed E-state index contributed by atoms with van der Waals surface area (Å²) in [5.74, 6) is -2.32. The van der Waals surface area contributed by atoms with E-state index < -0.39 is 16.8 Å². The standard InChI is InChI=1S/C11H13ClO4.H2O/c1-3-7-6(2)4-11(12,10(15)16)5-8(7)9(13)14;/h4H,3,5H2,1-2H3,(H,13,14)(H,15,16);1H2. The van der Waals surface area contributed by atoms with E-state index in [-0.39, 0.29) is 17.5 Å². The van der Waals surface area contributed by atoms with Gasteiger partial charge in [-0.3, -0.25) is 0 Å². The number of hydrogen-bond acceptors (Lipinski definition) is 2. The Kier molecular flexibility index (Phi) is 4.92. The van der Waals surface area contributed by atoms with Crippen LogP contribution in [0.4, 0.5) is 0 Å². The summed E-state index contributed by atoms with van der Waals surface area (Å²) in [6.45, 7) is 3.51. The lowest BCUT2D eigenvalue weighted by molar-refractivity contribution is -0.139. The molecule has 0 aliphatic heterocycles. The van der Waals surface area contributed by atoms with Crippen LogP contribution >= 0.6 is 11.6 Å². The highest BCUT2D eigenvalue weighted by molar-refractivity contribution is 6.36. The number of allylic oxidation sites excluding steroid dienone is 2. The third-order valence-electron chi connectivity index (χ3n) is 2.69. The predicted molar refractivity (Wildman–Crippen MR) is 63.2 cm³/mol. The highest BCUT2D eigenvalue weighted by atomic mass is 35.5. The summed E-state index contributed by atoms with van der Waals surface area (Å²) in [6.07, 6.45) is 1.79. The zero-order chi connectivity index (χ0) is 12.5. The number of aliphatic carboxylic acids is 2. The maximum atomic E-state index is 11.0. The molecule has 96 valence electrons. The molecule has 0 spiro atoms. The Morgan fingerprint density at radius 2 is 2.00 bits per heavy atom. The lowest BCUT2D eigenvalue weighted by Gasteiger charge is -2.26. The zero-order valence-electron chi connectivity index (χ0n) is 9.58. The van der Waals surface area contributed by atoms with Gasteiger partial charge in [0.05, 0.1) is 0 Å². The Morgan fingerprint density at radius 1 is 1.47 bits per heavy atom. The van der Waals surface area contributed by atoms with Crippen LogP contribution in [0.15, 0.2) is 22.8 Å². The molecule has 0 saturated heterocycles. The zero-order valence-corrected chi connectivity index (χ0v) is 10.3. The Balaban J connectivity index is 0.00000256. The summed E-state index contributed by atoms with van der Waals surface area (Å²) in [7, 11) is 0. The molecule has 0 fully saturated rings. The van der Waals surface area contributed by atoms with Gasteiger partial charge in [-0.15, -0.1) is 11.6 Å². The number of carboxylic acid groups (broad SMARTS) is 2.